The average molecular weight is 381 g/mol. The first kappa shape index (κ1) is 17.5. The first-order valence-electron chi connectivity index (χ1n) is 7.69. The molecule has 2 aromatic rings. The van der Waals surface area contributed by atoms with E-state index in [4.69, 9.17) is 0 Å². The molecule has 2 heterocycles. The fraction of sp³-hybridized carbons (Fsp3) is 0.333. The van der Waals surface area contributed by atoms with Crippen molar-refractivity contribution in [2.24, 2.45) is 0 Å². The van der Waals surface area contributed by atoms with Crippen molar-refractivity contribution in [1.82, 2.24) is 9.88 Å². The molecule has 134 valence electrons. The summed E-state index contributed by atoms with van der Waals surface area (Å²) >= 11 is 1.59. The minimum Gasteiger partial charge on any atom is -0.345 e. The van der Waals surface area contributed by atoms with E-state index in [0.29, 0.717) is 24.5 Å². The monoisotopic (exact) mass is 381 g/mol. The first-order valence-corrected chi connectivity index (χ1v) is 10.5. The summed E-state index contributed by atoms with van der Waals surface area (Å²) in [7, 11) is -3.35. The minimum absolute atomic E-state index is 0.199. The quantitative estimate of drug-likeness (QED) is 0.843. The van der Waals surface area contributed by atoms with Gasteiger partial charge in [0.1, 0.15) is 0 Å². The number of piperazine rings is 1. The van der Waals surface area contributed by atoms with E-state index in [2.05, 4.69) is 19.9 Å². The molecule has 10 heteroatoms. The topological polar surface area (TPSA) is 94.6 Å². The summed E-state index contributed by atoms with van der Waals surface area (Å²) in [4.78, 5) is 20.6. The van der Waals surface area contributed by atoms with Gasteiger partial charge in [-0.2, -0.15) is 0 Å². The van der Waals surface area contributed by atoms with Crippen LogP contribution < -0.4 is 14.9 Å². The summed E-state index contributed by atoms with van der Waals surface area (Å²) in [5.41, 5.74) is 0.954. The molecule has 1 aromatic heterocycles. The smallest absolute Gasteiger partial charge is 0.321 e. The van der Waals surface area contributed by atoms with Crippen LogP contribution in [0.5, 0.6) is 0 Å². The van der Waals surface area contributed by atoms with Crippen molar-refractivity contribution in [1.29, 1.82) is 0 Å². The van der Waals surface area contributed by atoms with Gasteiger partial charge in [0.25, 0.3) is 0 Å². The van der Waals surface area contributed by atoms with Crippen molar-refractivity contribution >= 4 is 43.9 Å². The number of carbonyl (C=O) groups excluding carboxylic acids is 1. The van der Waals surface area contributed by atoms with E-state index in [9.17, 15) is 13.2 Å². The Morgan fingerprint density at radius 2 is 1.92 bits per heavy atom. The van der Waals surface area contributed by atoms with Gasteiger partial charge in [0, 0.05) is 43.4 Å². The number of nitrogens with zero attached hydrogens (tertiary/aromatic N) is 3. The highest BCUT2D eigenvalue weighted by atomic mass is 32.2. The number of amides is 2. The largest absolute Gasteiger partial charge is 0.345 e. The molecule has 1 aliphatic heterocycles. The van der Waals surface area contributed by atoms with Crippen molar-refractivity contribution < 1.29 is 13.2 Å². The van der Waals surface area contributed by atoms with Gasteiger partial charge in [-0.3, -0.25) is 4.72 Å². The summed E-state index contributed by atoms with van der Waals surface area (Å²) in [5, 5.41) is 5.72. The number of aromatic nitrogens is 1. The second-order valence-electron chi connectivity index (χ2n) is 5.67. The molecular weight excluding hydrogens is 362 g/mol. The van der Waals surface area contributed by atoms with Crippen molar-refractivity contribution in [3.63, 3.8) is 0 Å². The van der Waals surface area contributed by atoms with Gasteiger partial charge >= 0.3 is 6.03 Å². The minimum atomic E-state index is -3.35. The lowest BCUT2D eigenvalue weighted by Crippen LogP contribution is -2.50. The van der Waals surface area contributed by atoms with E-state index < -0.39 is 10.0 Å². The molecule has 1 saturated heterocycles. The molecule has 0 bridgehead atoms. The van der Waals surface area contributed by atoms with Crippen LogP contribution in [0.3, 0.4) is 0 Å². The number of rotatable bonds is 4. The van der Waals surface area contributed by atoms with Crippen molar-refractivity contribution in [2.45, 2.75) is 0 Å². The second kappa shape index (κ2) is 7.28. The summed E-state index contributed by atoms with van der Waals surface area (Å²) < 4.78 is 25.0. The Balaban J connectivity index is 1.57. The molecule has 2 amide bonds. The highest BCUT2D eigenvalue weighted by Crippen LogP contribution is 2.20. The first-order chi connectivity index (χ1) is 11.9. The summed E-state index contributed by atoms with van der Waals surface area (Å²) in [6.45, 7) is 2.67. The third-order valence-corrected chi connectivity index (χ3v) is 5.11. The number of hydrogen-bond acceptors (Lipinski definition) is 6. The van der Waals surface area contributed by atoms with Crippen molar-refractivity contribution in [3.8, 4) is 0 Å². The highest BCUT2D eigenvalue weighted by Gasteiger charge is 2.22. The molecule has 3 rings (SSSR count). The Morgan fingerprint density at radius 3 is 2.56 bits per heavy atom. The Kier molecular flexibility index (Phi) is 5.09. The normalized spacial score (nSPS) is 15.1. The maximum absolute atomic E-state index is 12.4. The van der Waals surface area contributed by atoms with E-state index in [0.717, 1.165) is 24.5 Å². The number of hydrogen-bond donors (Lipinski definition) is 2. The zero-order chi connectivity index (χ0) is 17.9. The Hall–Kier alpha value is -2.33. The molecule has 1 fully saturated rings. The lowest BCUT2D eigenvalue weighted by Gasteiger charge is -2.34. The molecule has 0 saturated carbocycles. The zero-order valence-corrected chi connectivity index (χ0v) is 15.3. The molecule has 2 N–H and O–H groups in total. The predicted molar refractivity (Wildman–Crippen MR) is 99.8 cm³/mol. The number of thiazole rings is 1. The second-order valence-corrected chi connectivity index (χ2v) is 8.30. The van der Waals surface area contributed by atoms with Gasteiger partial charge in [0.2, 0.25) is 10.0 Å². The van der Waals surface area contributed by atoms with Gasteiger partial charge in [-0.05, 0) is 18.2 Å². The van der Waals surface area contributed by atoms with Crippen LogP contribution in [0.15, 0.2) is 35.8 Å². The van der Waals surface area contributed by atoms with Crippen LogP contribution in [-0.2, 0) is 10.0 Å². The van der Waals surface area contributed by atoms with E-state index in [-0.39, 0.29) is 6.03 Å². The Labute approximate surface area is 150 Å². The van der Waals surface area contributed by atoms with Crippen LogP contribution >= 0.6 is 11.3 Å². The van der Waals surface area contributed by atoms with Gasteiger partial charge < -0.3 is 15.1 Å². The Morgan fingerprint density at radius 1 is 1.20 bits per heavy atom. The van der Waals surface area contributed by atoms with Crippen LogP contribution in [-0.4, -0.2) is 56.8 Å². The van der Waals surface area contributed by atoms with Crippen LogP contribution in [0.1, 0.15) is 0 Å². The fourth-order valence-electron chi connectivity index (χ4n) is 2.55. The summed E-state index contributed by atoms with van der Waals surface area (Å²) in [6, 6.07) is 6.42. The van der Waals surface area contributed by atoms with Crippen molar-refractivity contribution in [2.75, 3.05) is 47.4 Å². The van der Waals surface area contributed by atoms with Gasteiger partial charge in [-0.25, -0.2) is 18.2 Å². The van der Waals surface area contributed by atoms with Gasteiger partial charge in [-0.1, -0.05) is 6.07 Å². The zero-order valence-electron chi connectivity index (χ0n) is 13.7. The predicted octanol–water partition coefficient (Wildman–Crippen LogP) is 1.87. The van der Waals surface area contributed by atoms with E-state index in [1.54, 1.807) is 46.7 Å². The number of benzene rings is 1. The molecule has 0 spiro atoms. The number of sulfonamides is 1. The molecule has 1 aromatic carbocycles. The molecule has 0 aliphatic carbocycles. The number of anilines is 3. The molecule has 8 nitrogen and oxygen atoms in total. The lowest BCUT2D eigenvalue weighted by atomic mass is 10.3. The fourth-order valence-corrected chi connectivity index (χ4v) is 3.80. The van der Waals surface area contributed by atoms with E-state index in [1.807, 2.05) is 5.38 Å². The van der Waals surface area contributed by atoms with Crippen LogP contribution in [0, 0.1) is 0 Å². The van der Waals surface area contributed by atoms with E-state index >= 15 is 0 Å². The number of urea groups is 1. The average Bonchev–Trinajstić information content (AvgIpc) is 3.08. The standard InChI is InChI=1S/C15H19N5O3S2/c1-25(22,23)18-13-4-2-3-12(11-13)17-14(21)19-6-8-20(9-7-19)15-16-5-10-24-15/h2-5,10-11,18H,6-9H2,1H3,(H,17,21). The third-order valence-electron chi connectivity index (χ3n) is 3.67. The maximum Gasteiger partial charge on any atom is 0.321 e. The van der Waals surface area contributed by atoms with Gasteiger partial charge in [-0.15, -0.1) is 11.3 Å². The van der Waals surface area contributed by atoms with Crippen LogP contribution in [0.2, 0.25) is 0 Å². The van der Waals surface area contributed by atoms with Gasteiger partial charge in [0.15, 0.2) is 5.13 Å². The van der Waals surface area contributed by atoms with Crippen LogP contribution in [0.25, 0.3) is 0 Å². The molecule has 0 unspecified atom stereocenters. The van der Waals surface area contributed by atoms with Crippen molar-refractivity contribution in [3.05, 3.63) is 35.8 Å². The maximum atomic E-state index is 12.4. The number of carbonyl (C=O) groups is 1. The molecule has 0 radical (unpaired) electrons. The highest BCUT2D eigenvalue weighted by molar-refractivity contribution is 7.92. The SMILES string of the molecule is CS(=O)(=O)Nc1cccc(NC(=O)N2CCN(c3nccs3)CC2)c1. The summed E-state index contributed by atoms with van der Waals surface area (Å²) in [5.74, 6) is 0. The van der Waals surface area contributed by atoms with E-state index in [1.165, 1.54) is 0 Å². The molecule has 25 heavy (non-hydrogen) atoms. The van der Waals surface area contributed by atoms with Crippen LogP contribution in [0.4, 0.5) is 21.3 Å². The van der Waals surface area contributed by atoms with Gasteiger partial charge in [0.05, 0.1) is 11.9 Å². The Bertz CT molecular complexity index is 831. The lowest BCUT2D eigenvalue weighted by molar-refractivity contribution is 0.208. The number of nitrogens with one attached hydrogen (secondary N) is 2. The summed E-state index contributed by atoms with van der Waals surface area (Å²) in [6.07, 6.45) is 2.86. The molecular formula is C15H19N5O3S2. The molecule has 1 aliphatic rings. The third kappa shape index (κ3) is 4.83. The molecule has 0 atom stereocenters.